The summed E-state index contributed by atoms with van der Waals surface area (Å²) < 4.78 is 68.9. The second kappa shape index (κ2) is 6.94. The molecule has 0 spiro atoms. The van der Waals surface area contributed by atoms with Crippen LogP contribution in [0.15, 0.2) is 22.7 Å². The average Bonchev–Trinajstić information content (AvgIpc) is 3.02. The van der Waals surface area contributed by atoms with Crippen molar-refractivity contribution in [1.82, 2.24) is 10.5 Å². The predicted molar refractivity (Wildman–Crippen MR) is 79.1 cm³/mol. The van der Waals surface area contributed by atoms with E-state index in [9.17, 15) is 22.4 Å². The summed E-state index contributed by atoms with van der Waals surface area (Å²) in [4.78, 5) is 12.3. The number of methoxy groups -OCH3 is 1. The average molecular weight is 374 g/mol. The quantitative estimate of drug-likeness (QED) is 0.833. The van der Waals surface area contributed by atoms with Crippen molar-refractivity contribution in [1.29, 1.82) is 0 Å². The Hall–Kier alpha value is -2.62. The number of ether oxygens (including phenoxy) is 2. The summed E-state index contributed by atoms with van der Waals surface area (Å²) in [6.45, 7) is 0.398. The maximum atomic E-state index is 13.8. The molecule has 2 heterocycles. The molecule has 3 rings (SSSR count). The van der Waals surface area contributed by atoms with Gasteiger partial charge in [0.25, 0.3) is 5.91 Å². The van der Waals surface area contributed by atoms with Crippen LogP contribution >= 0.6 is 0 Å². The fraction of sp³-hybridized carbons (Fsp3) is 0.375. The van der Waals surface area contributed by atoms with Gasteiger partial charge in [0.2, 0.25) is 0 Å². The Morgan fingerprint density at radius 1 is 1.38 bits per heavy atom. The number of alkyl halides is 3. The molecule has 1 aromatic carbocycles. The third-order valence-corrected chi connectivity index (χ3v) is 3.92. The van der Waals surface area contributed by atoms with Crippen LogP contribution in [0.1, 0.15) is 33.4 Å². The van der Waals surface area contributed by atoms with Crippen LogP contribution in [0, 0.1) is 5.82 Å². The number of rotatable bonds is 4. The van der Waals surface area contributed by atoms with E-state index in [1.165, 1.54) is 7.11 Å². The van der Waals surface area contributed by atoms with Crippen molar-refractivity contribution in [2.45, 2.75) is 25.2 Å². The van der Waals surface area contributed by atoms with E-state index in [-0.39, 0.29) is 18.1 Å². The molecule has 0 saturated heterocycles. The van der Waals surface area contributed by atoms with Gasteiger partial charge in [0, 0.05) is 6.42 Å². The summed E-state index contributed by atoms with van der Waals surface area (Å²) in [6, 6.07) is 0.328. The zero-order valence-electron chi connectivity index (χ0n) is 13.5. The first-order valence-corrected chi connectivity index (χ1v) is 7.57. The molecule has 0 radical (unpaired) electrons. The fourth-order valence-electron chi connectivity index (χ4n) is 2.62. The molecule has 0 bridgehead atoms. The highest BCUT2D eigenvalue weighted by Crippen LogP contribution is 2.35. The highest BCUT2D eigenvalue weighted by molar-refractivity contribution is 5.94. The minimum Gasteiger partial charge on any atom is -0.494 e. The number of fused-ring (bicyclic) bond motifs is 1. The smallest absolute Gasteiger partial charge is 0.412 e. The van der Waals surface area contributed by atoms with Gasteiger partial charge in [-0.15, -0.1) is 0 Å². The molecular formula is C16H14F4N2O4. The number of nitrogens with zero attached hydrogens (tertiary/aromatic N) is 1. The highest BCUT2D eigenvalue weighted by Gasteiger charge is 2.43. The van der Waals surface area contributed by atoms with Crippen LogP contribution in [0.3, 0.4) is 0 Å². The number of carbonyl (C=O) groups is 1. The topological polar surface area (TPSA) is 73.6 Å². The SMILES string of the molecule is COc1ccc([C@H](NC(=O)c2noc3c2COCC3)C(F)(F)F)cc1F. The van der Waals surface area contributed by atoms with Crippen molar-refractivity contribution in [3.8, 4) is 5.75 Å². The number of benzene rings is 1. The van der Waals surface area contributed by atoms with Crippen LogP contribution in [-0.2, 0) is 17.8 Å². The number of halogens is 4. The van der Waals surface area contributed by atoms with Gasteiger partial charge in [0.15, 0.2) is 23.3 Å². The first-order chi connectivity index (χ1) is 12.3. The zero-order valence-corrected chi connectivity index (χ0v) is 13.5. The molecule has 1 amide bonds. The molecule has 0 unspecified atom stereocenters. The number of carbonyl (C=O) groups excluding carboxylic acids is 1. The van der Waals surface area contributed by atoms with Crippen molar-refractivity contribution in [2.24, 2.45) is 0 Å². The maximum Gasteiger partial charge on any atom is 0.412 e. The number of hydrogen-bond donors (Lipinski definition) is 1. The molecule has 1 aliphatic rings. The molecule has 140 valence electrons. The van der Waals surface area contributed by atoms with E-state index >= 15 is 0 Å². The first-order valence-electron chi connectivity index (χ1n) is 7.57. The minimum atomic E-state index is -4.85. The monoisotopic (exact) mass is 374 g/mol. The van der Waals surface area contributed by atoms with Gasteiger partial charge >= 0.3 is 6.18 Å². The van der Waals surface area contributed by atoms with Gasteiger partial charge in [-0.05, 0) is 17.7 Å². The Labute approximate surface area is 145 Å². The molecule has 0 fully saturated rings. The van der Waals surface area contributed by atoms with E-state index in [2.05, 4.69) is 9.89 Å². The summed E-state index contributed by atoms with van der Waals surface area (Å²) in [6.07, 6.45) is -4.47. The largest absolute Gasteiger partial charge is 0.494 e. The van der Waals surface area contributed by atoms with E-state index in [4.69, 9.17) is 9.26 Å². The fourth-order valence-corrected chi connectivity index (χ4v) is 2.62. The Kier molecular flexibility index (Phi) is 4.86. The highest BCUT2D eigenvalue weighted by atomic mass is 19.4. The van der Waals surface area contributed by atoms with Crippen molar-refractivity contribution in [3.63, 3.8) is 0 Å². The van der Waals surface area contributed by atoms with E-state index in [1.807, 2.05) is 5.32 Å². The number of aromatic nitrogens is 1. The molecule has 26 heavy (non-hydrogen) atoms. The van der Waals surface area contributed by atoms with Crippen molar-refractivity contribution in [2.75, 3.05) is 13.7 Å². The van der Waals surface area contributed by atoms with Gasteiger partial charge in [-0.25, -0.2) is 4.39 Å². The lowest BCUT2D eigenvalue weighted by Gasteiger charge is -2.22. The lowest BCUT2D eigenvalue weighted by atomic mass is 10.0. The van der Waals surface area contributed by atoms with Gasteiger partial charge < -0.3 is 19.3 Å². The van der Waals surface area contributed by atoms with Crippen LogP contribution in [0.5, 0.6) is 5.75 Å². The molecule has 6 nitrogen and oxygen atoms in total. The van der Waals surface area contributed by atoms with E-state index in [0.717, 1.165) is 12.1 Å². The summed E-state index contributed by atoms with van der Waals surface area (Å²) in [7, 11) is 1.19. The van der Waals surface area contributed by atoms with Gasteiger partial charge in [-0.2, -0.15) is 13.2 Å². The Morgan fingerprint density at radius 2 is 2.15 bits per heavy atom. The number of nitrogens with one attached hydrogen (secondary N) is 1. The van der Waals surface area contributed by atoms with E-state index in [0.29, 0.717) is 30.4 Å². The predicted octanol–water partition coefficient (Wildman–Crippen LogP) is 2.93. The van der Waals surface area contributed by atoms with Gasteiger partial charge in [0.05, 0.1) is 25.9 Å². The summed E-state index contributed by atoms with van der Waals surface area (Å²) in [5.41, 5.74) is -0.434. The summed E-state index contributed by atoms with van der Waals surface area (Å²) in [5.74, 6) is -1.86. The van der Waals surface area contributed by atoms with Crippen molar-refractivity contribution < 1.29 is 36.4 Å². The van der Waals surface area contributed by atoms with Crippen LogP contribution in [0.25, 0.3) is 0 Å². The first kappa shape index (κ1) is 18.2. The zero-order chi connectivity index (χ0) is 18.9. The second-order valence-corrected chi connectivity index (χ2v) is 5.58. The molecule has 0 aliphatic carbocycles. The van der Waals surface area contributed by atoms with Gasteiger partial charge in [-0.1, -0.05) is 11.2 Å². The third kappa shape index (κ3) is 3.50. The minimum absolute atomic E-state index is 0.0232. The molecule has 1 aromatic heterocycles. The molecule has 0 saturated carbocycles. The van der Waals surface area contributed by atoms with E-state index < -0.39 is 29.5 Å². The van der Waals surface area contributed by atoms with Crippen LogP contribution in [0.4, 0.5) is 17.6 Å². The van der Waals surface area contributed by atoms with Crippen molar-refractivity contribution in [3.05, 3.63) is 46.6 Å². The molecule has 10 heteroatoms. The molecule has 2 aromatic rings. The van der Waals surface area contributed by atoms with Gasteiger partial charge in [0.1, 0.15) is 5.76 Å². The van der Waals surface area contributed by atoms with Crippen molar-refractivity contribution >= 4 is 5.91 Å². The normalized spacial score (nSPS) is 15.3. The maximum absolute atomic E-state index is 13.8. The Morgan fingerprint density at radius 3 is 2.81 bits per heavy atom. The second-order valence-electron chi connectivity index (χ2n) is 5.58. The summed E-state index contributed by atoms with van der Waals surface area (Å²) >= 11 is 0. The molecule has 1 aliphatic heterocycles. The van der Waals surface area contributed by atoms with Crippen LogP contribution in [-0.4, -0.2) is 31.0 Å². The third-order valence-electron chi connectivity index (χ3n) is 3.92. The van der Waals surface area contributed by atoms with Gasteiger partial charge in [-0.3, -0.25) is 4.79 Å². The standard InChI is InChI=1S/C16H14F4N2O4/c1-24-12-3-2-8(6-10(12)17)14(16(18,19)20)21-15(23)13-9-7-25-5-4-11(9)26-22-13/h2-3,6,14H,4-5,7H2,1H3,(H,21,23)/t14-/m0/s1. The lowest BCUT2D eigenvalue weighted by molar-refractivity contribution is -0.155. The molecular weight excluding hydrogens is 360 g/mol. The van der Waals surface area contributed by atoms with Crippen LogP contribution in [0.2, 0.25) is 0 Å². The molecule has 1 atom stereocenters. The summed E-state index contributed by atoms with van der Waals surface area (Å²) in [5, 5.41) is 5.38. The lowest BCUT2D eigenvalue weighted by Crippen LogP contribution is -2.38. The van der Waals surface area contributed by atoms with Crippen LogP contribution < -0.4 is 10.1 Å². The van der Waals surface area contributed by atoms with E-state index in [1.54, 1.807) is 0 Å². The Bertz CT molecular complexity index is 819. The molecule has 1 N–H and O–H groups in total. The number of hydrogen-bond acceptors (Lipinski definition) is 5. The number of amides is 1. The Balaban J connectivity index is 1.89.